The second-order valence-electron chi connectivity index (χ2n) is 6.93. The number of carbonyl (C=O) groups is 3. The molecule has 146 valence electrons. The molecule has 3 aromatic rings. The van der Waals surface area contributed by atoms with Crippen LogP contribution in [0, 0.1) is 5.92 Å². The molecule has 6 heteroatoms. The van der Waals surface area contributed by atoms with Crippen LogP contribution in [0.5, 0.6) is 0 Å². The number of hydrogen-bond acceptors (Lipinski definition) is 4. The standard InChI is InChI=1S/C23H20N2O4/c26-21(24-18-9-2-1-3-10-18)15-29-23(28)17-13-22(27)25(14-17)20-12-6-8-16-7-4-5-11-19(16)20/h1-12,17H,13-15H2,(H,24,26)/t17-/m0/s1. The fourth-order valence-corrected chi connectivity index (χ4v) is 3.52. The first-order valence-electron chi connectivity index (χ1n) is 9.41. The highest BCUT2D eigenvalue weighted by Crippen LogP contribution is 2.32. The Bertz CT molecular complexity index is 1060. The normalized spacial score (nSPS) is 16.1. The van der Waals surface area contributed by atoms with Crippen molar-refractivity contribution >= 4 is 39.9 Å². The maximum Gasteiger partial charge on any atom is 0.311 e. The smallest absolute Gasteiger partial charge is 0.311 e. The first-order valence-corrected chi connectivity index (χ1v) is 9.41. The number of fused-ring (bicyclic) bond motifs is 1. The third-order valence-electron chi connectivity index (χ3n) is 4.92. The second kappa shape index (κ2) is 8.14. The van der Waals surface area contributed by atoms with Gasteiger partial charge in [0.15, 0.2) is 6.61 Å². The van der Waals surface area contributed by atoms with Gasteiger partial charge >= 0.3 is 5.97 Å². The lowest BCUT2D eigenvalue weighted by Gasteiger charge is -2.18. The van der Waals surface area contributed by atoms with E-state index in [4.69, 9.17) is 4.74 Å². The van der Waals surface area contributed by atoms with Gasteiger partial charge in [0.05, 0.1) is 11.6 Å². The van der Waals surface area contributed by atoms with Crippen molar-refractivity contribution in [3.05, 3.63) is 72.8 Å². The zero-order chi connectivity index (χ0) is 20.2. The van der Waals surface area contributed by atoms with E-state index in [2.05, 4.69) is 5.32 Å². The van der Waals surface area contributed by atoms with Crippen molar-refractivity contribution in [3.8, 4) is 0 Å². The first kappa shape index (κ1) is 18.7. The van der Waals surface area contributed by atoms with E-state index in [0.29, 0.717) is 5.69 Å². The maximum atomic E-state index is 12.6. The molecule has 4 rings (SSSR count). The van der Waals surface area contributed by atoms with Gasteiger partial charge in [-0.1, -0.05) is 54.6 Å². The third kappa shape index (κ3) is 4.11. The summed E-state index contributed by atoms with van der Waals surface area (Å²) in [7, 11) is 0. The molecule has 1 atom stereocenters. The predicted octanol–water partition coefficient (Wildman–Crippen LogP) is 3.37. The van der Waals surface area contributed by atoms with Gasteiger partial charge in [0.1, 0.15) is 0 Å². The van der Waals surface area contributed by atoms with Crippen molar-refractivity contribution in [1.82, 2.24) is 0 Å². The summed E-state index contributed by atoms with van der Waals surface area (Å²) in [5, 5.41) is 4.64. The van der Waals surface area contributed by atoms with Crippen molar-refractivity contribution in [1.29, 1.82) is 0 Å². The monoisotopic (exact) mass is 388 g/mol. The number of amides is 2. The molecule has 0 bridgehead atoms. The molecule has 0 radical (unpaired) electrons. The van der Waals surface area contributed by atoms with E-state index in [0.717, 1.165) is 16.5 Å². The number of carbonyl (C=O) groups excluding carboxylic acids is 3. The van der Waals surface area contributed by atoms with Crippen molar-refractivity contribution < 1.29 is 19.1 Å². The summed E-state index contributed by atoms with van der Waals surface area (Å²) in [4.78, 5) is 38.5. The molecule has 6 nitrogen and oxygen atoms in total. The van der Waals surface area contributed by atoms with E-state index in [1.54, 1.807) is 29.2 Å². The lowest BCUT2D eigenvalue weighted by atomic mass is 10.1. The number of nitrogens with zero attached hydrogens (tertiary/aromatic N) is 1. The molecular formula is C23H20N2O4. The molecule has 0 saturated carbocycles. The summed E-state index contributed by atoms with van der Waals surface area (Å²) in [5.74, 6) is -1.67. The van der Waals surface area contributed by atoms with Gasteiger partial charge in [-0.05, 0) is 23.6 Å². The lowest BCUT2D eigenvalue weighted by molar-refractivity contribution is -0.151. The quantitative estimate of drug-likeness (QED) is 0.680. The van der Waals surface area contributed by atoms with Crippen LogP contribution in [0.4, 0.5) is 11.4 Å². The first-order chi connectivity index (χ1) is 14.1. The molecule has 0 spiro atoms. The topological polar surface area (TPSA) is 75.7 Å². The summed E-state index contributed by atoms with van der Waals surface area (Å²) in [5.41, 5.74) is 1.41. The average Bonchev–Trinajstić information content (AvgIpc) is 3.14. The SMILES string of the molecule is O=C(COC(=O)[C@H]1CC(=O)N(c2cccc3ccccc23)C1)Nc1ccccc1. The number of rotatable bonds is 5. The molecule has 29 heavy (non-hydrogen) atoms. The molecule has 1 heterocycles. The highest BCUT2D eigenvalue weighted by molar-refractivity contribution is 6.06. The van der Waals surface area contributed by atoms with Gasteiger partial charge in [0, 0.05) is 24.0 Å². The Morgan fingerprint density at radius 3 is 2.52 bits per heavy atom. The Labute approximate surface area is 168 Å². The molecule has 1 N–H and O–H groups in total. The van der Waals surface area contributed by atoms with Crippen LogP contribution >= 0.6 is 0 Å². The number of hydrogen-bond donors (Lipinski definition) is 1. The Kier molecular flexibility index (Phi) is 5.24. The molecular weight excluding hydrogens is 368 g/mol. The van der Waals surface area contributed by atoms with E-state index in [9.17, 15) is 14.4 Å². The Hall–Kier alpha value is -3.67. The minimum Gasteiger partial charge on any atom is -0.455 e. The predicted molar refractivity (Wildman–Crippen MR) is 110 cm³/mol. The Morgan fingerprint density at radius 2 is 1.69 bits per heavy atom. The minimum atomic E-state index is -0.592. The summed E-state index contributed by atoms with van der Waals surface area (Å²) >= 11 is 0. The molecule has 0 unspecified atom stereocenters. The zero-order valence-electron chi connectivity index (χ0n) is 15.7. The summed E-state index contributed by atoms with van der Waals surface area (Å²) in [6.45, 7) is -0.140. The maximum absolute atomic E-state index is 12.6. The number of ether oxygens (including phenoxy) is 1. The number of esters is 1. The number of para-hydroxylation sites is 1. The van der Waals surface area contributed by atoms with Gasteiger partial charge in [-0.3, -0.25) is 14.4 Å². The van der Waals surface area contributed by atoms with Crippen LogP contribution in [0.2, 0.25) is 0 Å². The number of nitrogens with one attached hydrogen (secondary N) is 1. The van der Waals surface area contributed by atoms with E-state index in [1.165, 1.54) is 0 Å². The van der Waals surface area contributed by atoms with Crippen LogP contribution in [-0.4, -0.2) is 30.9 Å². The number of anilines is 2. The van der Waals surface area contributed by atoms with Crippen LogP contribution in [0.1, 0.15) is 6.42 Å². The van der Waals surface area contributed by atoms with Crippen LogP contribution < -0.4 is 10.2 Å². The molecule has 1 fully saturated rings. The summed E-state index contributed by atoms with van der Waals surface area (Å²) in [6, 6.07) is 22.5. The lowest BCUT2D eigenvalue weighted by Crippen LogP contribution is -2.28. The number of benzene rings is 3. The molecule has 1 aliphatic rings. The molecule has 1 aliphatic heterocycles. The van der Waals surface area contributed by atoms with Crippen LogP contribution in [0.3, 0.4) is 0 Å². The van der Waals surface area contributed by atoms with E-state index in [1.807, 2.05) is 48.5 Å². The fourth-order valence-electron chi connectivity index (χ4n) is 3.52. The van der Waals surface area contributed by atoms with Crippen LogP contribution in [0.15, 0.2) is 72.8 Å². The van der Waals surface area contributed by atoms with Gasteiger partial charge in [-0.15, -0.1) is 0 Å². The largest absolute Gasteiger partial charge is 0.455 e. The van der Waals surface area contributed by atoms with Gasteiger partial charge < -0.3 is 15.0 Å². The average molecular weight is 388 g/mol. The third-order valence-corrected chi connectivity index (χ3v) is 4.92. The molecule has 3 aromatic carbocycles. The van der Waals surface area contributed by atoms with E-state index >= 15 is 0 Å². The highest BCUT2D eigenvalue weighted by atomic mass is 16.5. The van der Waals surface area contributed by atoms with Gasteiger partial charge in [0.2, 0.25) is 5.91 Å². The molecule has 0 aromatic heterocycles. The van der Waals surface area contributed by atoms with Crippen LogP contribution in [-0.2, 0) is 19.1 Å². The van der Waals surface area contributed by atoms with E-state index in [-0.39, 0.29) is 25.5 Å². The van der Waals surface area contributed by atoms with E-state index < -0.39 is 17.8 Å². The molecule has 1 saturated heterocycles. The summed E-state index contributed by atoms with van der Waals surface area (Å²) < 4.78 is 5.15. The molecule has 0 aliphatic carbocycles. The highest BCUT2D eigenvalue weighted by Gasteiger charge is 2.36. The second-order valence-corrected chi connectivity index (χ2v) is 6.93. The van der Waals surface area contributed by atoms with Crippen molar-refractivity contribution in [2.24, 2.45) is 5.92 Å². The van der Waals surface area contributed by atoms with Gasteiger partial charge in [-0.25, -0.2) is 0 Å². The minimum absolute atomic E-state index is 0.0718. The Balaban J connectivity index is 1.38. The van der Waals surface area contributed by atoms with Gasteiger partial charge in [-0.2, -0.15) is 0 Å². The zero-order valence-corrected chi connectivity index (χ0v) is 15.7. The fraction of sp³-hybridized carbons (Fsp3) is 0.174. The van der Waals surface area contributed by atoms with Crippen LogP contribution in [0.25, 0.3) is 10.8 Å². The van der Waals surface area contributed by atoms with Crippen molar-refractivity contribution in [2.45, 2.75) is 6.42 Å². The summed E-state index contributed by atoms with van der Waals surface area (Å²) in [6.07, 6.45) is 0.0718. The van der Waals surface area contributed by atoms with Gasteiger partial charge in [0.25, 0.3) is 5.91 Å². The van der Waals surface area contributed by atoms with Crippen molar-refractivity contribution in [3.63, 3.8) is 0 Å². The van der Waals surface area contributed by atoms with Crippen molar-refractivity contribution in [2.75, 3.05) is 23.4 Å². The Morgan fingerprint density at radius 1 is 0.966 bits per heavy atom. The molecule has 2 amide bonds.